The van der Waals surface area contributed by atoms with Gasteiger partial charge in [-0.3, -0.25) is 0 Å². The molecule has 0 saturated carbocycles. The van der Waals surface area contributed by atoms with Gasteiger partial charge in [-0.1, -0.05) is 19.1 Å². The lowest BCUT2D eigenvalue weighted by molar-refractivity contribution is 0.152. The summed E-state index contributed by atoms with van der Waals surface area (Å²) >= 11 is 0. The lowest BCUT2D eigenvalue weighted by atomic mass is 10.0. The van der Waals surface area contributed by atoms with E-state index in [9.17, 15) is 9.90 Å². The Morgan fingerprint density at radius 2 is 2.10 bits per heavy atom. The molecule has 2 amide bonds. The lowest BCUT2D eigenvalue weighted by Crippen LogP contribution is -2.42. The molecule has 0 aromatic heterocycles. The van der Waals surface area contributed by atoms with Crippen LogP contribution in [0.3, 0.4) is 0 Å². The zero-order valence-corrected chi connectivity index (χ0v) is 13.0. The van der Waals surface area contributed by atoms with Crippen molar-refractivity contribution < 1.29 is 9.90 Å². The molecule has 0 bridgehead atoms. The van der Waals surface area contributed by atoms with Crippen LogP contribution in [-0.2, 0) is 0 Å². The van der Waals surface area contributed by atoms with Crippen LogP contribution in [0.25, 0.3) is 0 Å². The molecule has 0 spiro atoms. The van der Waals surface area contributed by atoms with Gasteiger partial charge >= 0.3 is 6.03 Å². The molecule has 116 valence electrons. The highest BCUT2D eigenvalue weighted by Crippen LogP contribution is 2.24. The van der Waals surface area contributed by atoms with Crippen LogP contribution in [0.2, 0.25) is 0 Å². The Kier molecular flexibility index (Phi) is 5.20. The van der Waals surface area contributed by atoms with Gasteiger partial charge in [-0.25, -0.2) is 4.79 Å². The monoisotopic (exact) mass is 291 g/mol. The first-order valence-corrected chi connectivity index (χ1v) is 7.52. The van der Waals surface area contributed by atoms with Crippen LogP contribution in [0.1, 0.15) is 31.9 Å². The van der Waals surface area contributed by atoms with Crippen LogP contribution in [0.15, 0.2) is 24.3 Å². The van der Waals surface area contributed by atoms with Gasteiger partial charge < -0.3 is 20.6 Å². The van der Waals surface area contributed by atoms with E-state index in [4.69, 9.17) is 0 Å². The summed E-state index contributed by atoms with van der Waals surface area (Å²) in [7, 11) is 1.92. The molecule has 5 heteroatoms. The SMILES string of the molecule is CNC(C)c1ccc(NC(=O)N2CCC(C)C2CO)cc1. The highest BCUT2D eigenvalue weighted by Gasteiger charge is 2.33. The van der Waals surface area contributed by atoms with Gasteiger partial charge in [-0.15, -0.1) is 0 Å². The molecule has 5 nitrogen and oxygen atoms in total. The van der Waals surface area contributed by atoms with E-state index < -0.39 is 0 Å². The van der Waals surface area contributed by atoms with Crippen molar-refractivity contribution >= 4 is 11.7 Å². The van der Waals surface area contributed by atoms with Crippen molar-refractivity contribution in [3.8, 4) is 0 Å². The van der Waals surface area contributed by atoms with Crippen molar-refractivity contribution in [3.63, 3.8) is 0 Å². The van der Waals surface area contributed by atoms with Crippen LogP contribution >= 0.6 is 0 Å². The summed E-state index contributed by atoms with van der Waals surface area (Å²) in [5.41, 5.74) is 1.96. The number of aliphatic hydroxyl groups excluding tert-OH is 1. The zero-order chi connectivity index (χ0) is 15.4. The van der Waals surface area contributed by atoms with E-state index in [-0.39, 0.29) is 24.7 Å². The summed E-state index contributed by atoms with van der Waals surface area (Å²) < 4.78 is 0. The molecule has 1 fully saturated rings. The zero-order valence-electron chi connectivity index (χ0n) is 13.0. The fourth-order valence-electron chi connectivity index (χ4n) is 2.76. The minimum Gasteiger partial charge on any atom is -0.394 e. The number of likely N-dealkylation sites (tertiary alicyclic amines) is 1. The molecular weight excluding hydrogens is 266 g/mol. The number of urea groups is 1. The Bertz CT molecular complexity index is 475. The van der Waals surface area contributed by atoms with Crippen LogP contribution in [0.5, 0.6) is 0 Å². The second-order valence-electron chi connectivity index (χ2n) is 5.77. The van der Waals surface area contributed by atoms with Crippen molar-refractivity contribution in [1.29, 1.82) is 0 Å². The molecule has 1 aromatic rings. The maximum absolute atomic E-state index is 12.3. The van der Waals surface area contributed by atoms with Gasteiger partial charge in [0.05, 0.1) is 12.6 Å². The van der Waals surface area contributed by atoms with E-state index in [0.717, 1.165) is 12.1 Å². The first-order chi connectivity index (χ1) is 10.1. The van der Waals surface area contributed by atoms with Gasteiger partial charge in [0.1, 0.15) is 0 Å². The van der Waals surface area contributed by atoms with E-state index in [1.807, 2.05) is 31.3 Å². The number of aliphatic hydroxyl groups is 1. The maximum Gasteiger partial charge on any atom is 0.322 e. The molecule has 0 radical (unpaired) electrons. The second kappa shape index (κ2) is 6.91. The number of nitrogens with one attached hydrogen (secondary N) is 2. The molecule has 2 rings (SSSR count). The van der Waals surface area contributed by atoms with Crippen LogP contribution in [0.4, 0.5) is 10.5 Å². The Morgan fingerprint density at radius 1 is 1.43 bits per heavy atom. The summed E-state index contributed by atoms with van der Waals surface area (Å²) in [6, 6.07) is 7.91. The fraction of sp³-hybridized carbons (Fsp3) is 0.562. The standard InChI is InChI=1S/C16H25N3O2/c1-11-8-9-19(15(11)10-20)16(21)18-14-6-4-13(5-7-14)12(2)17-3/h4-7,11-12,15,17,20H,8-10H2,1-3H3,(H,18,21). The number of carbonyl (C=O) groups is 1. The van der Waals surface area contributed by atoms with Crippen LogP contribution < -0.4 is 10.6 Å². The third-order valence-corrected chi connectivity index (χ3v) is 4.43. The number of hydrogen-bond acceptors (Lipinski definition) is 3. The number of benzene rings is 1. The molecule has 3 unspecified atom stereocenters. The highest BCUT2D eigenvalue weighted by molar-refractivity contribution is 5.89. The van der Waals surface area contributed by atoms with Crippen molar-refractivity contribution in [3.05, 3.63) is 29.8 Å². The van der Waals surface area contributed by atoms with Gasteiger partial charge in [-0.2, -0.15) is 0 Å². The second-order valence-corrected chi connectivity index (χ2v) is 5.77. The molecule has 1 aliphatic rings. The molecular formula is C16H25N3O2. The van der Waals surface area contributed by atoms with Gasteiger partial charge in [0.15, 0.2) is 0 Å². The topological polar surface area (TPSA) is 64.6 Å². The summed E-state index contributed by atoms with van der Waals surface area (Å²) in [6.07, 6.45) is 0.942. The van der Waals surface area contributed by atoms with E-state index in [1.165, 1.54) is 5.56 Å². The quantitative estimate of drug-likeness (QED) is 0.797. The minimum atomic E-state index is -0.132. The van der Waals surface area contributed by atoms with Crippen LogP contribution in [-0.4, -0.2) is 42.3 Å². The van der Waals surface area contributed by atoms with E-state index >= 15 is 0 Å². The van der Waals surface area contributed by atoms with Gasteiger partial charge in [0, 0.05) is 18.3 Å². The van der Waals surface area contributed by atoms with Crippen molar-refractivity contribution in [2.75, 3.05) is 25.5 Å². The van der Waals surface area contributed by atoms with E-state index in [1.54, 1.807) is 4.90 Å². The molecule has 3 N–H and O–H groups in total. The predicted molar refractivity (Wildman–Crippen MR) is 84.3 cm³/mol. The normalized spacial score (nSPS) is 23.1. The first kappa shape index (κ1) is 15.8. The van der Waals surface area contributed by atoms with Crippen molar-refractivity contribution in [2.24, 2.45) is 5.92 Å². The van der Waals surface area contributed by atoms with Gasteiger partial charge in [0.25, 0.3) is 0 Å². The lowest BCUT2D eigenvalue weighted by Gasteiger charge is -2.25. The largest absolute Gasteiger partial charge is 0.394 e. The fourth-order valence-corrected chi connectivity index (χ4v) is 2.76. The molecule has 1 aromatic carbocycles. The molecule has 21 heavy (non-hydrogen) atoms. The first-order valence-electron chi connectivity index (χ1n) is 7.52. The third kappa shape index (κ3) is 3.54. The Morgan fingerprint density at radius 3 is 2.67 bits per heavy atom. The van der Waals surface area contributed by atoms with Gasteiger partial charge in [-0.05, 0) is 44.0 Å². The summed E-state index contributed by atoms with van der Waals surface area (Å²) in [5, 5.41) is 15.5. The Labute approximate surface area is 126 Å². The van der Waals surface area contributed by atoms with Crippen molar-refractivity contribution in [1.82, 2.24) is 10.2 Å². The van der Waals surface area contributed by atoms with Crippen LogP contribution in [0, 0.1) is 5.92 Å². The predicted octanol–water partition coefficient (Wildman–Crippen LogP) is 2.20. The maximum atomic E-state index is 12.3. The number of amides is 2. The Balaban J connectivity index is 1.99. The van der Waals surface area contributed by atoms with E-state index in [2.05, 4.69) is 24.5 Å². The Hall–Kier alpha value is -1.59. The summed E-state index contributed by atoms with van der Waals surface area (Å²) in [4.78, 5) is 14.0. The molecule has 1 aliphatic heterocycles. The number of rotatable bonds is 4. The molecule has 0 aliphatic carbocycles. The van der Waals surface area contributed by atoms with Crippen molar-refractivity contribution in [2.45, 2.75) is 32.4 Å². The third-order valence-electron chi connectivity index (χ3n) is 4.43. The average molecular weight is 291 g/mol. The molecule has 1 saturated heterocycles. The highest BCUT2D eigenvalue weighted by atomic mass is 16.3. The smallest absolute Gasteiger partial charge is 0.322 e. The number of hydrogen-bond donors (Lipinski definition) is 3. The number of carbonyl (C=O) groups excluding carboxylic acids is 1. The number of nitrogens with zero attached hydrogens (tertiary/aromatic N) is 1. The molecule has 3 atom stereocenters. The average Bonchev–Trinajstić information content (AvgIpc) is 2.88. The van der Waals surface area contributed by atoms with Gasteiger partial charge in [0.2, 0.25) is 0 Å². The summed E-state index contributed by atoms with van der Waals surface area (Å²) in [6.45, 7) is 4.88. The minimum absolute atomic E-state index is 0.0210. The number of anilines is 1. The summed E-state index contributed by atoms with van der Waals surface area (Å²) in [5.74, 6) is 0.347. The van der Waals surface area contributed by atoms with E-state index in [0.29, 0.717) is 12.5 Å². The molecule has 1 heterocycles.